The van der Waals surface area contributed by atoms with Gasteiger partial charge in [0.2, 0.25) is 11.9 Å². The van der Waals surface area contributed by atoms with Gasteiger partial charge in [-0.2, -0.15) is 4.98 Å². The smallest absolute Gasteiger partial charge is 0.417 e. The van der Waals surface area contributed by atoms with Crippen LogP contribution in [0, 0.1) is 0 Å². The molecular weight excluding hydrogens is 370 g/mol. The van der Waals surface area contributed by atoms with Crippen LogP contribution in [-0.2, 0) is 4.74 Å². The number of carbonyl (C=O) groups excluding carboxylic acids is 1. The second-order valence-corrected chi connectivity index (χ2v) is 6.76. The SMILES string of the molecule is C[C@@H](Nc1ncnc(N2C(=O)OC[C@@H]2C)n1)c1ccc(Oc2ccccc2)cc1. The van der Waals surface area contributed by atoms with E-state index in [0.29, 0.717) is 12.6 Å². The Balaban J connectivity index is 1.43. The Bertz CT molecular complexity index is 981. The van der Waals surface area contributed by atoms with E-state index in [4.69, 9.17) is 9.47 Å². The molecule has 4 rings (SSSR count). The topological polar surface area (TPSA) is 89.5 Å². The first-order valence-corrected chi connectivity index (χ1v) is 9.34. The molecular formula is C21H21N5O3. The second-order valence-electron chi connectivity index (χ2n) is 6.76. The van der Waals surface area contributed by atoms with Crippen molar-refractivity contribution < 1.29 is 14.3 Å². The number of nitrogens with zero attached hydrogens (tertiary/aromatic N) is 4. The predicted molar refractivity (Wildman–Crippen MR) is 108 cm³/mol. The van der Waals surface area contributed by atoms with E-state index in [-0.39, 0.29) is 18.0 Å². The molecule has 1 aromatic heterocycles. The lowest BCUT2D eigenvalue weighted by Gasteiger charge is -2.18. The van der Waals surface area contributed by atoms with Crippen LogP contribution in [0.15, 0.2) is 60.9 Å². The normalized spacial score (nSPS) is 17.0. The first-order valence-electron chi connectivity index (χ1n) is 9.34. The van der Waals surface area contributed by atoms with Gasteiger partial charge in [-0.1, -0.05) is 30.3 Å². The molecule has 2 heterocycles. The quantitative estimate of drug-likeness (QED) is 0.674. The molecule has 1 amide bonds. The summed E-state index contributed by atoms with van der Waals surface area (Å²) in [5, 5.41) is 3.24. The first kappa shape index (κ1) is 18.7. The number of hydrogen-bond donors (Lipinski definition) is 1. The van der Waals surface area contributed by atoms with Crippen molar-refractivity contribution in [3.63, 3.8) is 0 Å². The van der Waals surface area contributed by atoms with Gasteiger partial charge in [-0.15, -0.1) is 0 Å². The molecule has 0 bridgehead atoms. The van der Waals surface area contributed by atoms with Crippen molar-refractivity contribution in [1.82, 2.24) is 15.0 Å². The Kier molecular flexibility index (Phi) is 5.24. The summed E-state index contributed by atoms with van der Waals surface area (Å²) in [6.45, 7) is 4.20. The van der Waals surface area contributed by atoms with E-state index in [1.807, 2.05) is 68.4 Å². The minimum atomic E-state index is -0.447. The number of nitrogens with one attached hydrogen (secondary N) is 1. The zero-order chi connectivity index (χ0) is 20.2. The van der Waals surface area contributed by atoms with Gasteiger partial charge >= 0.3 is 6.09 Å². The minimum Gasteiger partial charge on any atom is -0.457 e. The van der Waals surface area contributed by atoms with Crippen LogP contribution in [-0.4, -0.2) is 33.7 Å². The molecule has 0 spiro atoms. The van der Waals surface area contributed by atoms with Crippen LogP contribution < -0.4 is 15.0 Å². The number of aromatic nitrogens is 3. The van der Waals surface area contributed by atoms with Gasteiger partial charge in [0.1, 0.15) is 24.4 Å². The summed E-state index contributed by atoms with van der Waals surface area (Å²) in [6.07, 6.45) is 0.934. The maximum Gasteiger partial charge on any atom is 0.417 e. The Morgan fingerprint density at radius 1 is 1.10 bits per heavy atom. The Morgan fingerprint density at radius 2 is 1.83 bits per heavy atom. The Labute approximate surface area is 168 Å². The van der Waals surface area contributed by atoms with Crippen molar-refractivity contribution in [2.45, 2.75) is 25.9 Å². The van der Waals surface area contributed by atoms with Crippen LogP contribution in [0.2, 0.25) is 0 Å². The van der Waals surface area contributed by atoms with Crippen molar-refractivity contribution in [1.29, 1.82) is 0 Å². The van der Waals surface area contributed by atoms with Crippen molar-refractivity contribution in [3.8, 4) is 11.5 Å². The largest absolute Gasteiger partial charge is 0.457 e. The minimum absolute atomic E-state index is 0.0565. The second kappa shape index (κ2) is 8.14. The third-order valence-corrected chi connectivity index (χ3v) is 4.56. The molecule has 0 saturated carbocycles. The standard InChI is InChI=1S/C21H21N5O3/c1-14-12-28-21(27)26(14)20-23-13-22-19(25-20)24-15(2)16-8-10-18(11-9-16)29-17-6-4-3-5-7-17/h3-11,13-15H,12H2,1-2H3,(H,22,23,24,25)/t14-,15+/m0/s1. The van der Waals surface area contributed by atoms with Gasteiger partial charge in [-0.25, -0.2) is 19.7 Å². The number of amides is 1. The average molecular weight is 391 g/mol. The number of ether oxygens (including phenoxy) is 2. The first-order chi connectivity index (χ1) is 14.1. The number of cyclic esters (lactones) is 1. The van der Waals surface area contributed by atoms with E-state index in [1.54, 1.807) is 0 Å². The van der Waals surface area contributed by atoms with Crippen LogP contribution in [0.1, 0.15) is 25.5 Å². The highest BCUT2D eigenvalue weighted by molar-refractivity contribution is 5.88. The van der Waals surface area contributed by atoms with Gasteiger partial charge in [0, 0.05) is 0 Å². The molecule has 3 aromatic rings. The van der Waals surface area contributed by atoms with Gasteiger partial charge in [-0.05, 0) is 43.7 Å². The average Bonchev–Trinajstić information content (AvgIpc) is 3.07. The van der Waals surface area contributed by atoms with Gasteiger partial charge in [0.25, 0.3) is 0 Å². The molecule has 0 aliphatic carbocycles. The van der Waals surface area contributed by atoms with Gasteiger partial charge in [0.05, 0.1) is 12.1 Å². The summed E-state index contributed by atoms with van der Waals surface area (Å²) in [4.78, 5) is 25.9. The van der Waals surface area contributed by atoms with Gasteiger partial charge in [0.15, 0.2) is 0 Å². The Hall–Kier alpha value is -3.68. The number of hydrogen-bond acceptors (Lipinski definition) is 7. The molecule has 29 heavy (non-hydrogen) atoms. The van der Waals surface area contributed by atoms with E-state index >= 15 is 0 Å². The van der Waals surface area contributed by atoms with E-state index in [0.717, 1.165) is 17.1 Å². The maximum atomic E-state index is 11.9. The number of carbonyl (C=O) groups is 1. The van der Waals surface area contributed by atoms with E-state index in [9.17, 15) is 4.79 Å². The van der Waals surface area contributed by atoms with Crippen molar-refractivity contribution in [2.75, 3.05) is 16.8 Å². The summed E-state index contributed by atoms with van der Waals surface area (Å²) in [5.41, 5.74) is 1.04. The molecule has 0 unspecified atom stereocenters. The van der Waals surface area contributed by atoms with Crippen LogP contribution in [0.25, 0.3) is 0 Å². The van der Waals surface area contributed by atoms with E-state index in [2.05, 4.69) is 20.3 Å². The molecule has 0 radical (unpaired) electrons. The van der Waals surface area contributed by atoms with Crippen LogP contribution >= 0.6 is 0 Å². The molecule has 1 saturated heterocycles. The number of para-hydroxylation sites is 1. The summed E-state index contributed by atoms with van der Waals surface area (Å²) >= 11 is 0. The lowest BCUT2D eigenvalue weighted by Crippen LogP contribution is -2.32. The molecule has 1 fully saturated rings. The molecule has 2 atom stereocenters. The highest BCUT2D eigenvalue weighted by Gasteiger charge is 2.33. The van der Waals surface area contributed by atoms with Gasteiger partial charge in [-0.3, -0.25) is 0 Å². The number of anilines is 2. The molecule has 8 nitrogen and oxygen atoms in total. The zero-order valence-corrected chi connectivity index (χ0v) is 16.1. The van der Waals surface area contributed by atoms with Crippen molar-refractivity contribution in [3.05, 3.63) is 66.5 Å². The fourth-order valence-corrected chi connectivity index (χ4v) is 2.99. The Morgan fingerprint density at radius 3 is 2.52 bits per heavy atom. The highest BCUT2D eigenvalue weighted by Crippen LogP contribution is 2.25. The monoisotopic (exact) mass is 391 g/mol. The number of rotatable bonds is 6. The molecule has 1 N–H and O–H groups in total. The predicted octanol–water partition coefficient (Wildman–Crippen LogP) is 4.18. The fourth-order valence-electron chi connectivity index (χ4n) is 2.99. The third-order valence-electron chi connectivity index (χ3n) is 4.56. The van der Waals surface area contributed by atoms with Crippen LogP contribution in [0.4, 0.5) is 16.7 Å². The summed E-state index contributed by atoms with van der Waals surface area (Å²) < 4.78 is 10.9. The molecule has 2 aromatic carbocycles. The summed E-state index contributed by atoms with van der Waals surface area (Å²) in [5.74, 6) is 2.21. The number of benzene rings is 2. The lowest BCUT2D eigenvalue weighted by atomic mass is 10.1. The molecule has 1 aliphatic heterocycles. The van der Waals surface area contributed by atoms with E-state index < -0.39 is 6.09 Å². The van der Waals surface area contributed by atoms with E-state index in [1.165, 1.54) is 11.2 Å². The maximum absolute atomic E-state index is 11.9. The summed E-state index contributed by atoms with van der Waals surface area (Å²) in [6, 6.07) is 17.3. The highest BCUT2D eigenvalue weighted by atomic mass is 16.6. The molecule has 148 valence electrons. The fraction of sp³-hybridized carbons (Fsp3) is 0.238. The van der Waals surface area contributed by atoms with Crippen molar-refractivity contribution >= 4 is 18.0 Å². The van der Waals surface area contributed by atoms with Gasteiger partial charge < -0.3 is 14.8 Å². The van der Waals surface area contributed by atoms with Crippen molar-refractivity contribution in [2.24, 2.45) is 0 Å². The molecule has 8 heteroatoms. The summed E-state index contributed by atoms with van der Waals surface area (Å²) in [7, 11) is 0. The third kappa shape index (κ3) is 4.26. The zero-order valence-electron chi connectivity index (χ0n) is 16.1. The molecule has 1 aliphatic rings. The van der Waals surface area contributed by atoms with Crippen LogP contribution in [0.3, 0.4) is 0 Å². The lowest BCUT2D eigenvalue weighted by molar-refractivity contribution is 0.179. The van der Waals surface area contributed by atoms with Crippen LogP contribution in [0.5, 0.6) is 11.5 Å².